The summed E-state index contributed by atoms with van der Waals surface area (Å²) < 4.78 is 17.7. The Balaban J connectivity index is 1.70. The third kappa shape index (κ3) is 7.78. The van der Waals surface area contributed by atoms with E-state index in [2.05, 4.69) is 12.2 Å². The molecule has 0 aliphatic carbocycles. The first kappa shape index (κ1) is 28.1. The number of benzene rings is 2. The van der Waals surface area contributed by atoms with Crippen molar-refractivity contribution >= 4 is 23.6 Å². The summed E-state index contributed by atoms with van der Waals surface area (Å²) in [6.45, 7) is 5.31. The predicted octanol–water partition coefficient (Wildman–Crippen LogP) is 3.26. The molecule has 1 aliphatic rings. The summed E-state index contributed by atoms with van der Waals surface area (Å²) in [4.78, 5) is 23.1. The molecule has 2 aromatic carbocycles. The van der Waals surface area contributed by atoms with E-state index in [0.717, 1.165) is 28.0 Å². The van der Waals surface area contributed by atoms with Crippen LogP contribution in [0.25, 0.3) is 0 Å². The van der Waals surface area contributed by atoms with E-state index in [1.165, 1.54) is 13.8 Å². The zero-order valence-electron chi connectivity index (χ0n) is 20.9. The van der Waals surface area contributed by atoms with Crippen molar-refractivity contribution in [1.29, 1.82) is 0 Å². The lowest BCUT2D eigenvalue weighted by Gasteiger charge is -2.41. The van der Waals surface area contributed by atoms with Gasteiger partial charge in [0, 0.05) is 36.5 Å². The van der Waals surface area contributed by atoms with Gasteiger partial charge >= 0.3 is 5.97 Å². The molecule has 1 amide bonds. The molecule has 1 aliphatic heterocycles. The fourth-order valence-corrected chi connectivity index (χ4v) is 4.91. The topological polar surface area (TPSA) is 114 Å². The summed E-state index contributed by atoms with van der Waals surface area (Å²) in [5.41, 5.74) is 3.61. The molecule has 36 heavy (non-hydrogen) atoms. The molecule has 3 N–H and O–H groups in total. The molecule has 1 heterocycles. The Morgan fingerprint density at radius 2 is 1.67 bits per heavy atom. The molecule has 0 aromatic heterocycles. The van der Waals surface area contributed by atoms with Crippen molar-refractivity contribution in [2.45, 2.75) is 58.5 Å². The van der Waals surface area contributed by atoms with Crippen LogP contribution in [0.5, 0.6) is 0 Å². The number of thioether (sulfide) groups is 1. The van der Waals surface area contributed by atoms with E-state index in [-0.39, 0.29) is 37.2 Å². The molecule has 0 bridgehead atoms. The van der Waals surface area contributed by atoms with Gasteiger partial charge in [0.1, 0.15) is 0 Å². The van der Waals surface area contributed by atoms with E-state index >= 15 is 0 Å². The van der Waals surface area contributed by atoms with Gasteiger partial charge in [-0.2, -0.15) is 11.8 Å². The minimum absolute atomic E-state index is 0.0109. The van der Waals surface area contributed by atoms with Gasteiger partial charge in [0.05, 0.1) is 25.4 Å². The lowest BCUT2D eigenvalue weighted by molar-refractivity contribution is -0.268. The van der Waals surface area contributed by atoms with Gasteiger partial charge in [0.15, 0.2) is 12.4 Å². The molecular weight excluding hydrogens is 482 g/mol. The Labute approximate surface area is 216 Å². The van der Waals surface area contributed by atoms with E-state index < -0.39 is 18.4 Å². The van der Waals surface area contributed by atoms with Gasteiger partial charge in [0.2, 0.25) is 0 Å². The first-order valence-corrected chi connectivity index (χ1v) is 13.2. The van der Waals surface area contributed by atoms with Gasteiger partial charge in [0.25, 0.3) is 5.91 Å². The molecule has 3 rings (SSSR count). The molecule has 8 nitrogen and oxygen atoms in total. The Morgan fingerprint density at radius 3 is 2.28 bits per heavy atom. The van der Waals surface area contributed by atoms with Gasteiger partial charge < -0.3 is 29.7 Å². The molecule has 9 heteroatoms. The average Bonchev–Trinajstić information content (AvgIpc) is 2.88. The summed E-state index contributed by atoms with van der Waals surface area (Å²) in [7, 11) is 0. The first-order valence-electron chi connectivity index (χ1n) is 12.0. The molecule has 196 valence electrons. The number of hydrogen-bond acceptors (Lipinski definition) is 8. The van der Waals surface area contributed by atoms with Crippen molar-refractivity contribution in [3.05, 3.63) is 70.8 Å². The summed E-state index contributed by atoms with van der Waals surface area (Å²) >= 11 is 1.65. The lowest BCUT2D eigenvalue weighted by atomic mass is 9.91. The fourth-order valence-electron chi connectivity index (χ4n) is 4.00. The van der Waals surface area contributed by atoms with E-state index in [9.17, 15) is 19.8 Å². The number of aliphatic hydroxyl groups excluding tert-OH is 2. The molecule has 0 unspecified atom stereocenters. The Kier molecular flexibility index (Phi) is 10.8. The van der Waals surface area contributed by atoms with Crippen molar-refractivity contribution in [3.8, 4) is 0 Å². The summed E-state index contributed by atoms with van der Waals surface area (Å²) in [6.07, 6.45) is -1.70. The van der Waals surface area contributed by atoms with E-state index in [1.54, 1.807) is 11.8 Å². The second-order valence-corrected chi connectivity index (χ2v) is 9.98. The number of ether oxygens (including phenoxy) is 3. The maximum absolute atomic E-state index is 12.1. The second-order valence-electron chi connectivity index (χ2n) is 8.83. The van der Waals surface area contributed by atoms with Crippen molar-refractivity contribution in [2.75, 3.05) is 18.1 Å². The number of nitrogens with one attached hydrogen (secondary N) is 1. The molecule has 2 aromatic rings. The zero-order valence-corrected chi connectivity index (χ0v) is 21.7. The highest BCUT2D eigenvalue weighted by Crippen LogP contribution is 2.42. The maximum atomic E-state index is 12.1. The molecule has 0 saturated carbocycles. The second kappa shape index (κ2) is 13.8. The molecule has 1 saturated heterocycles. The SMILES string of the molecule is CC(=O)O[C@@H](C)C(=O)NCc1ccc([C@H]2O[C@@H](CSCCO)[C@@H](C)[C@@H](c3ccc(CO)cc3)O2)cc1. The lowest BCUT2D eigenvalue weighted by Crippen LogP contribution is -2.38. The van der Waals surface area contributed by atoms with Gasteiger partial charge in [-0.15, -0.1) is 0 Å². The smallest absolute Gasteiger partial charge is 0.303 e. The highest BCUT2D eigenvalue weighted by Gasteiger charge is 2.38. The molecule has 5 atom stereocenters. The van der Waals surface area contributed by atoms with Crippen molar-refractivity contribution in [1.82, 2.24) is 5.32 Å². The number of carbonyl (C=O) groups is 2. The minimum atomic E-state index is -0.850. The van der Waals surface area contributed by atoms with Crippen LogP contribution in [0, 0.1) is 5.92 Å². The van der Waals surface area contributed by atoms with Gasteiger partial charge in [-0.25, -0.2) is 0 Å². The normalized spacial score (nSPS) is 22.6. The Morgan fingerprint density at radius 1 is 1.03 bits per heavy atom. The van der Waals surface area contributed by atoms with E-state index in [1.807, 2.05) is 48.5 Å². The summed E-state index contributed by atoms with van der Waals surface area (Å²) in [6, 6.07) is 15.4. The quantitative estimate of drug-likeness (QED) is 0.307. The first-order chi connectivity index (χ1) is 17.3. The number of hydrogen-bond donors (Lipinski definition) is 3. The highest BCUT2D eigenvalue weighted by atomic mass is 32.2. The minimum Gasteiger partial charge on any atom is -0.453 e. The number of aliphatic hydroxyl groups is 2. The van der Waals surface area contributed by atoms with Gasteiger partial charge in [-0.3, -0.25) is 9.59 Å². The average molecular weight is 518 g/mol. The molecule has 0 spiro atoms. The molecule has 0 radical (unpaired) electrons. The third-order valence-corrected chi connectivity index (χ3v) is 7.11. The number of carbonyl (C=O) groups excluding carboxylic acids is 2. The zero-order chi connectivity index (χ0) is 26.1. The van der Waals surface area contributed by atoms with Crippen LogP contribution in [0.4, 0.5) is 0 Å². The van der Waals surface area contributed by atoms with Crippen LogP contribution in [0.2, 0.25) is 0 Å². The van der Waals surface area contributed by atoms with Crippen LogP contribution in [0.1, 0.15) is 55.4 Å². The molecular formula is C27H35NO7S. The van der Waals surface area contributed by atoms with Crippen molar-refractivity contribution < 1.29 is 34.0 Å². The number of esters is 1. The van der Waals surface area contributed by atoms with Crippen LogP contribution >= 0.6 is 11.8 Å². The largest absolute Gasteiger partial charge is 0.453 e. The van der Waals surface area contributed by atoms with Crippen LogP contribution in [-0.4, -0.2) is 52.4 Å². The molecule has 1 fully saturated rings. The summed E-state index contributed by atoms with van der Waals surface area (Å²) in [5.74, 6) is 0.600. The van der Waals surface area contributed by atoms with Crippen LogP contribution < -0.4 is 5.32 Å². The van der Waals surface area contributed by atoms with Crippen LogP contribution in [-0.2, 0) is 37.0 Å². The van der Waals surface area contributed by atoms with Gasteiger partial charge in [-0.05, 0) is 23.6 Å². The maximum Gasteiger partial charge on any atom is 0.303 e. The van der Waals surface area contributed by atoms with Crippen LogP contribution in [0.15, 0.2) is 48.5 Å². The number of amides is 1. The van der Waals surface area contributed by atoms with E-state index in [4.69, 9.17) is 14.2 Å². The van der Waals surface area contributed by atoms with Crippen molar-refractivity contribution in [2.24, 2.45) is 5.92 Å². The predicted molar refractivity (Wildman–Crippen MR) is 137 cm³/mol. The Bertz CT molecular complexity index is 983. The standard InChI is InChI=1S/C27H35NO7S/c1-17-24(16-36-13-12-29)34-27(35-25(17)22-8-6-21(15-30)7-9-22)23-10-4-20(5-11-23)14-28-26(32)18(2)33-19(3)31/h4-11,17-18,24-25,27,29-30H,12-16H2,1-3H3,(H,28,32)/t17-,18+,24+,25+,27+/m1/s1. The highest BCUT2D eigenvalue weighted by molar-refractivity contribution is 7.99. The number of rotatable bonds is 11. The fraction of sp³-hybridized carbons (Fsp3) is 0.481. The Hall–Kier alpha value is -2.43. The third-order valence-electron chi connectivity index (χ3n) is 6.07. The van der Waals surface area contributed by atoms with Gasteiger partial charge in [-0.1, -0.05) is 55.5 Å². The van der Waals surface area contributed by atoms with Crippen molar-refractivity contribution in [3.63, 3.8) is 0 Å². The van der Waals surface area contributed by atoms with E-state index in [0.29, 0.717) is 12.3 Å². The van der Waals surface area contributed by atoms with Crippen LogP contribution in [0.3, 0.4) is 0 Å². The summed E-state index contributed by atoms with van der Waals surface area (Å²) in [5, 5.41) is 21.3. The monoisotopic (exact) mass is 517 g/mol.